The molecule has 0 aliphatic heterocycles. The number of carbonyl (C=O) groups is 1. The van der Waals surface area contributed by atoms with Crippen LogP contribution in [0, 0.1) is 0 Å². The third-order valence-electron chi connectivity index (χ3n) is 3.44. The summed E-state index contributed by atoms with van der Waals surface area (Å²) in [5.74, 6) is -0.863. The van der Waals surface area contributed by atoms with Crippen molar-refractivity contribution in [3.63, 3.8) is 0 Å². The van der Waals surface area contributed by atoms with Crippen molar-refractivity contribution < 1.29 is 9.90 Å². The molecule has 1 atom stereocenters. The highest BCUT2D eigenvalue weighted by Gasteiger charge is 2.17. The summed E-state index contributed by atoms with van der Waals surface area (Å²) >= 11 is 0. The van der Waals surface area contributed by atoms with E-state index in [1.54, 1.807) is 24.3 Å². The zero-order chi connectivity index (χ0) is 15.4. The molecule has 7 heteroatoms. The molecule has 0 amide bonds. The number of rotatable bonds is 6. The third kappa shape index (κ3) is 3.43. The Bertz CT molecular complexity index is 698. The highest BCUT2D eigenvalue weighted by Crippen LogP contribution is 2.06. The molecule has 0 saturated carbocycles. The lowest BCUT2D eigenvalue weighted by molar-refractivity contribution is -0.138. The van der Waals surface area contributed by atoms with Crippen molar-refractivity contribution in [2.24, 2.45) is 0 Å². The number of aromatic nitrogens is 3. The zero-order valence-electron chi connectivity index (χ0n) is 12.1. The summed E-state index contributed by atoms with van der Waals surface area (Å²) in [6.07, 6.45) is 0.0175. The van der Waals surface area contributed by atoms with E-state index in [-0.39, 0.29) is 24.7 Å². The van der Waals surface area contributed by atoms with Gasteiger partial charge in [0, 0.05) is 6.04 Å². The Kier molecular flexibility index (Phi) is 4.64. The van der Waals surface area contributed by atoms with Gasteiger partial charge in [-0.15, -0.1) is 5.10 Å². The van der Waals surface area contributed by atoms with Gasteiger partial charge in [-0.3, -0.25) is 14.5 Å². The number of fused-ring (bicyclic) bond motifs is 1. The Labute approximate surface area is 121 Å². The van der Waals surface area contributed by atoms with Crippen molar-refractivity contribution in [3.05, 3.63) is 34.6 Å². The van der Waals surface area contributed by atoms with Gasteiger partial charge in [0.1, 0.15) is 5.52 Å². The van der Waals surface area contributed by atoms with Gasteiger partial charge in [-0.05, 0) is 25.6 Å². The molecule has 1 unspecified atom stereocenters. The first-order valence-electron chi connectivity index (χ1n) is 6.81. The van der Waals surface area contributed by atoms with Crippen molar-refractivity contribution in [1.29, 1.82) is 0 Å². The van der Waals surface area contributed by atoms with Crippen LogP contribution in [0.5, 0.6) is 0 Å². The van der Waals surface area contributed by atoms with Gasteiger partial charge in [0.2, 0.25) is 0 Å². The summed E-state index contributed by atoms with van der Waals surface area (Å²) in [5, 5.41) is 17.3. The van der Waals surface area contributed by atoms with Crippen LogP contribution in [0.1, 0.15) is 20.3 Å². The van der Waals surface area contributed by atoms with E-state index in [1.165, 1.54) is 4.68 Å². The molecule has 1 heterocycles. The van der Waals surface area contributed by atoms with Gasteiger partial charge in [-0.25, -0.2) is 0 Å². The Morgan fingerprint density at radius 3 is 2.81 bits per heavy atom. The summed E-state index contributed by atoms with van der Waals surface area (Å²) < 4.78 is 1.27. The molecule has 0 bridgehead atoms. The molecule has 1 aromatic heterocycles. The van der Waals surface area contributed by atoms with Crippen LogP contribution in [0.3, 0.4) is 0 Å². The van der Waals surface area contributed by atoms with Gasteiger partial charge in [0.15, 0.2) is 0 Å². The Hall–Kier alpha value is -2.28. The molecule has 2 rings (SSSR count). The van der Waals surface area contributed by atoms with Crippen LogP contribution in [0.15, 0.2) is 29.1 Å². The van der Waals surface area contributed by atoms with Gasteiger partial charge >= 0.3 is 5.97 Å². The molecule has 0 aliphatic rings. The predicted octanol–water partition coefficient (Wildman–Crippen LogP) is 0.934. The van der Waals surface area contributed by atoms with Crippen molar-refractivity contribution in [3.8, 4) is 0 Å². The van der Waals surface area contributed by atoms with E-state index in [2.05, 4.69) is 10.3 Å². The van der Waals surface area contributed by atoms with E-state index < -0.39 is 5.97 Å². The molecular formula is C14H18N4O3. The van der Waals surface area contributed by atoms with Crippen LogP contribution in [-0.2, 0) is 11.5 Å². The molecule has 2 aromatic rings. The normalized spacial score (nSPS) is 12.7. The fraction of sp³-hybridized carbons (Fsp3) is 0.429. The Morgan fingerprint density at radius 2 is 2.14 bits per heavy atom. The second-order valence-electron chi connectivity index (χ2n) is 4.90. The monoisotopic (exact) mass is 290 g/mol. The zero-order valence-corrected chi connectivity index (χ0v) is 12.1. The fourth-order valence-electron chi connectivity index (χ4n) is 2.22. The van der Waals surface area contributed by atoms with Gasteiger partial charge in [0.05, 0.1) is 18.5 Å². The molecule has 1 N–H and O–H groups in total. The highest BCUT2D eigenvalue weighted by molar-refractivity contribution is 5.76. The molecule has 1 aromatic carbocycles. The Balaban J connectivity index is 2.27. The summed E-state index contributed by atoms with van der Waals surface area (Å²) in [6, 6.07) is 6.83. The van der Waals surface area contributed by atoms with E-state index in [4.69, 9.17) is 5.11 Å². The lowest BCUT2D eigenvalue weighted by Gasteiger charge is -2.26. The number of nitrogens with zero attached hydrogens (tertiary/aromatic N) is 4. The van der Waals surface area contributed by atoms with Gasteiger partial charge < -0.3 is 5.11 Å². The van der Waals surface area contributed by atoms with E-state index in [0.717, 1.165) is 0 Å². The minimum atomic E-state index is -0.863. The number of aliphatic carboxylic acids is 1. The van der Waals surface area contributed by atoms with Gasteiger partial charge in [-0.1, -0.05) is 24.3 Å². The minimum Gasteiger partial charge on any atom is -0.481 e. The smallest absolute Gasteiger partial charge is 0.304 e. The first-order chi connectivity index (χ1) is 10.0. The molecule has 0 saturated heterocycles. The SMILES string of the molecule is CCN(Cn1nnc2ccccc2c1=O)C(C)CC(=O)O. The molecular weight excluding hydrogens is 272 g/mol. The molecule has 112 valence electrons. The first kappa shape index (κ1) is 15.1. The lowest BCUT2D eigenvalue weighted by atomic mass is 10.2. The van der Waals surface area contributed by atoms with Crippen molar-refractivity contribution in [2.75, 3.05) is 6.54 Å². The maximum atomic E-state index is 12.3. The molecule has 21 heavy (non-hydrogen) atoms. The second kappa shape index (κ2) is 6.45. The van der Waals surface area contributed by atoms with E-state index in [9.17, 15) is 9.59 Å². The molecule has 0 spiro atoms. The van der Waals surface area contributed by atoms with Crippen LogP contribution >= 0.6 is 0 Å². The summed E-state index contributed by atoms with van der Waals surface area (Å²) in [4.78, 5) is 25.0. The van der Waals surface area contributed by atoms with Crippen LogP contribution in [0.2, 0.25) is 0 Å². The molecule has 0 fully saturated rings. The van der Waals surface area contributed by atoms with Crippen LogP contribution in [-0.4, -0.2) is 43.6 Å². The number of carboxylic acids is 1. The van der Waals surface area contributed by atoms with E-state index in [1.807, 2.05) is 18.7 Å². The molecule has 0 radical (unpaired) electrons. The quantitative estimate of drug-likeness (QED) is 0.851. The second-order valence-corrected chi connectivity index (χ2v) is 4.90. The fourth-order valence-corrected chi connectivity index (χ4v) is 2.22. The summed E-state index contributed by atoms with van der Waals surface area (Å²) in [6.45, 7) is 4.58. The van der Waals surface area contributed by atoms with Gasteiger partial charge in [-0.2, -0.15) is 4.68 Å². The third-order valence-corrected chi connectivity index (χ3v) is 3.44. The van der Waals surface area contributed by atoms with Gasteiger partial charge in [0.25, 0.3) is 5.56 Å². The Morgan fingerprint density at radius 1 is 1.43 bits per heavy atom. The lowest BCUT2D eigenvalue weighted by Crippen LogP contribution is -2.40. The van der Waals surface area contributed by atoms with Crippen LogP contribution < -0.4 is 5.56 Å². The first-order valence-corrected chi connectivity index (χ1v) is 6.81. The van der Waals surface area contributed by atoms with E-state index in [0.29, 0.717) is 17.4 Å². The highest BCUT2D eigenvalue weighted by atomic mass is 16.4. The number of hydrogen-bond acceptors (Lipinski definition) is 5. The average molecular weight is 290 g/mol. The minimum absolute atomic E-state index is 0.0175. The topological polar surface area (TPSA) is 88.3 Å². The average Bonchev–Trinajstić information content (AvgIpc) is 2.46. The maximum Gasteiger partial charge on any atom is 0.304 e. The van der Waals surface area contributed by atoms with Crippen molar-refractivity contribution in [1.82, 2.24) is 19.9 Å². The number of benzene rings is 1. The van der Waals surface area contributed by atoms with Crippen LogP contribution in [0.25, 0.3) is 10.9 Å². The standard InChI is InChI=1S/C14H18N4O3/c1-3-17(10(2)8-13(19)20)9-18-14(21)11-6-4-5-7-12(11)15-16-18/h4-7,10H,3,8-9H2,1-2H3,(H,19,20). The summed E-state index contributed by atoms with van der Waals surface area (Å²) in [7, 11) is 0. The summed E-state index contributed by atoms with van der Waals surface area (Å²) in [5.41, 5.74) is 0.335. The number of hydrogen-bond donors (Lipinski definition) is 1. The van der Waals surface area contributed by atoms with Crippen molar-refractivity contribution >= 4 is 16.9 Å². The van der Waals surface area contributed by atoms with Crippen molar-refractivity contribution in [2.45, 2.75) is 33.0 Å². The van der Waals surface area contributed by atoms with E-state index >= 15 is 0 Å². The molecule has 0 aliphatic carbocycles. The predicted molar refractivity (Wildman–Crippen MR) is 77.9 cm³/mol. The largest absolute Gasteiger partial charge is 0.481 e. The maximum absolute atomic E-state index is 12.3. The van der Waals surface area contributed by atoms with Crippen LogP contribution in [0.4, 0.5) is 0 Å². The number of carboxylic acid groups (broad SMARTS) is 1. The molecule has 7 nitrogen and oxygen atoms in total.